The Balaban J connectivity index is 1.13. The Morgan fingerprint density at radius 1 is 0.180 bits per heavy atom. The average molecular weight is 778 g/mol. The third kappa shape index (κ3) is 7.69. The fourth-order valence-corrected chi connectivity index (χ4v) is 8.54. The van der Waals surface area contributed by atoms with Crippen molar-refractivity contribution >= 4 is 17.1 Å². The zero-order valence-electron chi connectivity index (χ0n) is 33.8. The first-order chi connectivity index (χ1) is 30.3. The molecule has 0 heterocycles. The van der Waals surface area contributed by atoms with Gasteiger partial charge in [0.2, 0.25) is 0 Å². The van der Waals surface area contributed by atoms with Crippen LogP contribution < -0.4 is 4.90 Å². The highest BCUT2D eigenvalue weighted by Crippen LogP contribution is 2.47. The first-order valence-corrected chi connectivity index (χ1v) is 20.9. The summed E-state index contributed by atoms with van der Waals surface area (Å²) < 4.78 is 0. The van der Waals surface area contributed by atoms with Gasteiger partial charge in [-0.15, -0.1) is 0 Å². The molecule has 0 aliphatic rings. The summed E-state index contributed by atoms with van der Waals surface area (Å²) in [7, 11) is 0. The van der Waals surface area contributed by atoms with Gasteiger partial charge in [0, 0.05) is 16.8 Å². The Morgan fingerprint density at radius 2 is 0.492 bits per heavy atom. The largest absolute Gasteiger partial charge is 0.309 e. The molecule has 288 valence electrons. The van der Waals surface area contributed by atoms with Gasteiger partial charge in [-0.1, -0.05) is 231 Å². The van der Waals surface area contributed by atoms with Gasteiger partial charge >= 0.3 is 0 Å². The first kappa shape index (κ1) is 37.3. The zero-order valence-corrected chi connectivity index (χ0v) is 33.8. The van der Waals surface area contributed by atoms with Gasteiger partial charge in [-0.2, -0.15) is 0 Å². The number of hydrogen-bond acceptors (Lipinski definition) is 1. The van der Waals surface area contributed by atoms with Crippen LogP contribution in [0.4, 0.5) is 17.1 Å². The second kappa shape index (κ2) is 17.1. The Morgan fingerprint density at radius 3 is 1.07 bits per heavy atom. The molecule has 0 fully saturated rings. The lowest BCUT2D eigenvalue weighted by Gasteiger charge is -2.30. The molecule has 0 aromatic heterocycles. The van der Waals surface area contributed by atoms with Gasteiger partial charge in [0.25, 0.3) is 0 Å². The van der Waals surface area contributed by atoms with Crippen LogP contribution in [0, 0.1) is 0 Å². The Hall–Kier alpha value is -8.00. The molecule has 1 heteroatoms. The molecule has 0 aliphatic carbocycles. The van der Waals surface area contributed by atoms with Gasteiger partial charge < -0.3 is 4.90 Å². The van der Waals surface area contributed by atoms with E-state index in [1.165, 1.54) is 61.2 Å². The second-order valence-electron chi connectivity index (χ2n) is 15.3. The standard InChI is InChI=1S/C60H43N/c1-4-19-44(20-5-1)46-35-37-49(38-36-46)54-28-14-16-33-59(54)61(52-41-39-47(40-42-52)51-26-18-25-50(43-51)45-21-6-2-7-22-45)60-34-17-15-32-58(60)57-31-13-12-30-56(57)55-29-11-10-27-53(55)48-23-8-3-9-24-48/h1-43H. The highest BCUT2D eigenvalue weighted by atomic mass is 15.1. The fraction of sp³-hybridized carbons (Fsp3) is 0. The van der Waals surface area contributed by atoms with Crippen LogP contribution in [0.1, 0.15) is 0 Å². The van der Waals surface area contributed by atoms with Gasteiger partial charge in [-0.05, 0) is 97.1 Å². The molecule has 10 aromatic rings. The van der Waals surface area contributed by atoms with Crippen molar-refractivity contribution in [2.45, 2.75) is 0 Å². The zero-order chi connectivity index (χ0) is 40.8. The lowest BCUT2D eigenvalue weighted by atomic mass is 9.88. The minimum atomic E-state index is 1.07. The quantitative estimate of drug-likeness (QED) is 0.134. The molecule has 0 atom stereocenters. The highest BCUT2D eigenvalue weighted by Gasteiger charge is 2.22. The monoisotopic (exact) mass is 777 g/mol. The molecular formula is C60H43N. The van der Waals surface area contributed by atoms with Crippen LogP contribution in [-0.2, 0) is 0 Å². The number of rotatable bonds is 10. The predicted octanol–water partition coefficient (Wildman–Crippen LogP) is 16.8. The normalized spacial score (nSPS) is 11.0. The van der Waals surface area contributed by atoms with E-state index in [9.17, 15) is 0 Å². The molecule has 0 spiro atoms. The van der Waals surface area contributed by atoms with Crippen molar-refractivity contribution in [1.29, 1.82) is 0 Å². The average Bonchev–Trinajstić information content (AvgIpc) is 3.35. The van der Waals surface area contributed by atoms with Crippen LogP contribution in [0.5, 0.6) is 0 Å². The number of nitrogens with zero attached hydrogens (tertiary/aromatic N) is 1. The third-order valence-electron chi connectivity index (χ3n) is 11.5. The lowest BCUT2D eigenvalue weighted by molar-refractivity contribution is 1.28. The van der Waals surface area contributed by atoms with E-state index in [-0.39, 0.29) is 0 Å². The van der Waals surface area contributed by atoms with Crippen molar-refractivity contribution in [1.82, 2.24) is 0 Å². The summed E-state index contributed by atoms with van der Waals surface area (Å²) in [6, 6.07) is 94.0. The van der Waals surface area contributed by atoms with Crippen molar-refractivity contribution in [2.75, 3.05) is 4.90 Å². The van der Waals surface area contributed by atoms with Crippen molar-refractivity contribution in [3.05, 3.63) is 261 Å². The molecule has 0 saturated carbocycles. The van der Waals surface area contributed by atoms with E-state index in [4.69, 9.17) is 0 Å². The summed E-state index contributed by atoms with van der Waals surface area (Å²) in [5.41, 5.74) is 19.9. The third-order valence-corrected chi connectivity index (χ3v) is 11.5. The number of benzene rings is 10. The van der Waals surface area contributed by atoms with Crippen LogP contribution in [0.3, 0.4) is 0 Å². The molecule has 10 rings (SSSR count). The van der Waals surface area contributed by atoms with Crippen molar-refractivity contribution < 1.29 is 0 Å². The molecule has 61 heavy (non-hydrogen) atoms. The second-order valence-corrected chi connectivity index (χ2v) is 15.3. The van der Waals surface area contributed by atoms with Crippen molar-refractivity contribution in [3.8, 4) is 77.9 Å². The lowest BCUT2D eigenvalue weighted by Crippen LogP contribution is -2.12. The Kier molecular flexibility index (Phi) is 10.4. The van der Waals surface area contributed by atoms with Gasteiger partial charge in [-0.3, -0.25) is 0 Å². The van der Waals surface area contributed by atoms with Gasteiger partial charge in [-0.25, -0.2) is 0 Å². The smallest absolute Gasteiger partial charge is 0.0540 e. The summed E-state index contributed by atoms with van der Waals surface area (Å²) in [5, 5.41) is 0. The molecule has 0 unspecified atom stereocenters. The maximum Gasteiger partial charge on any atom is 0.0540 e. The Bertz CT molecular complexity index is 3040. The molecule has 0 bridgehead atoms. The van der Waals surface area contributed by atoms with E-state index in [1.807, 2.05) is 0 Å². The van der Waals surface area contributed by atoms with Crippen LogP contribution in [-0.4, -0.2) is 0 Å². The van der Waals surface area contributed by atoms with Gasteiger partial charge in [0.1, 0.15) is 0 Å². The topological polar surface area (TPSA) is 3.24 Å². The molecule has 0 N–H and O–H groups in total. The van der Waals surface area contributed by atoms with Crippen molar-refractivity contribution in [2.24, 2.45) is 0 Å². The van der Waals surface area contributed by atoms with Gasteiger partial charge in [0.15, 0.2) is 0 Å². The first-order valence-electron chi connectivity index (χ1n) is 20.9. The maximum absolute atomic E-state index is 2.44. The summed E-state index contributed by atoms with van der Waals surface area (Å²) >= 11 is 0. The molecule has 1 nitrogen and oxygen atoms in total. The summed E-state index contributed by atoms with van der Waals surface area (Å²) in [4.78, 5) is 2.44. The number of anilines is 3. The summed E-state index contributed by atoms with van der Waals surface area (Å²) in [6.07, 6.45) is 0. The number of para-hydroxylation sites is 2. The van der Waals surface area contributed by atoms with Crippen LogP contribution in [0.15, 0.2) is 261 Å². The predicted molar refractivity (Wildman–Crippen MR) is 259 cm³/mol. The molecular weight excluding hydrogens is 735 g/mol. The van der Waals surface area contributed by atoms with Crippen LogP contribution >= 0.6 is 0 Å². The van der Waals surface area contributed by atoms with E-state index in [1.54, 1.807) is 0 Å². The molecule has 10 aromatic carbocycles. The van der Waals surface area contributed by atoms with Crippen LogP contribution in [0.2, 0.25) is 0 Å². The Labute approximate surface area is 359 Å². The van der Waals surface area contributed by atoms with E-state index in [2.05, 4.69) is 266 Å². The van der Waals surface area contributed by atoms with E-state index in [0.29, 0.717) is 0 Å². The molecule has 0 radical (unpaired) electrons. The van der Waals surface area contributed by atoms with E-state index in [0.717, 1.165) is 33.8 Å². The number of hydrogen-bond donors (Lipinski definition) is 0. The molecule has 0 aliphatic heterocycles. The summed E-state index contributed by atoms with van der Waals surface area (Å²) in [5.74, 6) is 0. The SMILES string of the molecule is c1ccc(-c2ccc(-c3ccccc3N(c3ccc(-c4cccc(-c5ccccc5)c4)cc3)c3ccccc3-c3ccccc3-c3ccccc3-c3ccccc3)cc2)cc1. The van der Waals surface area contributed by atoms with Gasteiger partial charge in [0.05, 0.1) is 11.4 Å². The minimum Gasteiger partial charge on any atom is -0.309 e. The van der Waals surface area contributed by atoms with Crippen LogP contribution in [0.25, 0.3) is 77.9 Å². The fourth-order valence-electron chi connectivity index (χ4n) is 8.54. The summed E-state index contributed by atoms with van der Waals surface area (Å²) in [6.45, 7) is 0. The molecule has 0 amide bonds. The van der Waals surface area contributed by atoms with E-state index >= 15 is 0 Å². The highest BCUT2D eigenvalue weighted by molar-refractivity contribution is 5.99. The van der Waals surface area contributed by atoms with Crippen molar-refractivity contribution in [3.63, 3.8) is 0 Å². The molecule has 0 saturated heterocycles. The maximum atomic E-state index is 2.44. The van der Waals surface area contributed by atoms with E-state index < -0.39 is 0 Å². The minimum absolute atomic E-state index is 1.07.